The number of hydrogen-bond acceptors (Lipinski definition) is 4. The average molecular weight is 251 g/mol. The lowest BCUT2D eigenvalue weighted by Gasteiger charge is -2.23. The summed E-state index contributed by atoms with van der Waals surface area (Å²) < 4.78 is 5.24. The molecule has 1 aromatic carbocycles. The first-order chi connectivity index (χ1) is 8.72. The first-order valence-corrected chi connectivity index (χ1v) is 6.39. The molecule has 1 unspecified atom stereocenters. The van der Waals surface area contributed by atoms with Gasteiger partial charge in [-0.25, -0.2) is 0 Å². The minimum Gasteiger partial charge on any atom is -0.394 e. The smallest absolute Gasteiger partial charge is 0.102 e. The molecule has 1 saturated heterocycles. The summed E-state index contributed by atoms with van der Waals surface area (Å²) in [5.74, 6) is 0. The molecule has 0 bridgehead atoms. The van der Waals surface area contributed by atoms with Gasteiger partial charge in [0.2, 0.25) is 0 Å². The summed E-state index contributed by atoms with van der Waals surface area (Å²) in [4.78, 5) is 2.23. The number of β-amino-alcohol motifs (C(OH)–C–C–N with tert-alkyl or cyclic N) is 1. The molecule has 1 fully saturated rings. The van der Waals surface area contributed by atoms with Crippen molar-refractivity contribution in [2.24, 2.45) is 0 Å². The Kier molecular flexibility index (Phi) is 4.72. The van der Waals surface area contributed by atoms with Crippen LogP contribution in [-0.4, -0.2) is 53.6 Å². The Morgan fingerprint density at radius 3 is 2.78 bits per heavy atom. The molecule has 4 nitrogen and oxygen atoms in total. The van der Waals surface area contributed by atoms with E-state index >= 15 is 0 Å². The molecule has 1 atom stereocenters. The van der Waals surface area contributed by atoms with Gasteiger partial charge < -0.3 is 14.9 Å². The maximum absolute atomic E-state index is 10.3. The molecule has 0 aliphatic carbocycles. The summed E-state index contributed by atoms with van der Waals surface area (Å²) in [5.41, 5.74) is 0.502. The Morgan fingerprint density at radius 2 is 2.06 bits per heavy atom. The van der Waals surface area contributed by atoms with Crippen molar-refractivity contribution in [2.75, 3.05) is 32.9 Å². The lowest BCUT2D eigenvalue weighted by molar-refractivity contribution is -0.0455. The van der Waals surface area contributed by atoms with Crippen molar-refractivity contribution in [1.29, 1.82) is 0 Å². The third-order valence-corrected chi connectivity index (χ3v) is 3.27. The van der Waals surface area contributed by atoms with Gasteiger partial charge in [-0.2, -0.15) is 0 Å². The van der Waals surface area contributed by atoms with Crippen LogP contribution in [0.1, 0.15) is 12.0 Å². The molecule has 1 aliphatic rings. The van der Waals surface area contributed by atoms with Crippen LogP contribution in [0, 0.1) is 0 Å². The highest BCUT2D eigenvalue weighted by Gasteiger charge is 2.36. The Bertz CT molecular complexity index is 357. The lowest BCUT2D eigenvalue weighted by atomic mass is 10.1. The molecule has 0 spiro atoms. The van der Waals surface area contributed by atoms with E-state index in [0.29, 0.717) is 19.8 Å². The van der Waals surface area contributed by atoms with Crippen molar-refractivity contribution < 1.29 is 14.9 Å². The third-order valence-electron chi connectivity index (χ3n) is 3.27. The summed E-state index contributed by atoms with van der Waals surface area (Å²) >= 11 is 0. The minimum absolute atomic E-state index is 0.00378. The van der Waals surface area contributed by atoms with Crippen molar-refractivity contribution in [1.82, 2.24) is 4.90 Å². The van der Waals surface area contributed by atoms with Crippen molar-refractivity contribution in [3.63, 3.8) is 0 Å². The van der Waals surface area contributed by atoms with Crippen LogP contribution in [-0.2, 0) is 11.3 Å². The summed E-state index contributed by atoms with van der Waals surface area (Å²) in [6.45, 7) is 2.98. The summed E-state index contributed by atoms with van der Waals surface area (Å²) in [7, 11) is 0. The number of aliphatic hydroxyl groups excluding tert-OH is 1. The highest BCUT2D eigenvalue weighted by molar-refractivity contribution is 5.14. The van der Waals surface area contributed by atoms with Gasteiger partial charge >= 0.3 is 0 Å². The van der Waals surface area contributed by atoms with E-state index in [-0.39, 0.29) is 6.61 Å². The van der Waals surface area contributed by atoms with Gasteiger partial charge in [0.1, 0.15) is 5.60 Å². The van der Waals surface area contributed by atoms with Crippen molar-refractivity contribution in [2.45, 2.75) is 18.6 Å². The maximum atomic E-state index is 10.3. The fourth-order valence-corrected chi connectivity index (χ4v) is 2.36. The summed E-state index contributed by atoms with van der Waals surface area (Å²) in [5, 5.41) is 19.0. The van der Waals surface area contributed by atoms with Gasteiger partial charge in [0.05, 0.1) is 19.8 Å². The SMILES string of the molecule is OCCOCC1(O)CCN(Cc2ccccc2)C1. The molecule has 0 saturated carbocycles. The standard InChI is InChI=1S/C14H21NO3/c16-8-9-18-12-14(17)6-7-15(11-14)10-13-4-2-1-3-5-13/h1-5,16-17H,6-12H2. The fourth-order valence-electron chi connectivity index (χ4n) is 2.36. The van der Waals surface area contributed by atoms with Crippen molar-refractivity contribution in [3.8, 4) is 0 Å². The molecule has 1 heterocycles. The van der Waals surface area contributed by atoms with E-state index in [1.165, 1.54) is 5.56 Å². The molecular formula is C14H21NO3. The van der Waals surface area contributed by atoms with Gasteiger partial charge in [0.15, 0.2) is 0 Å². The molecule has 100 valence electrons. The van der Waals surface area contributed by atoms with Crippen LogP contribution in [0.5, 0.6) is 0 Å². The second kappa shape index (κ2) is 6.29. The normalized spacial score (nSPS) is 24.6. The quantitative estimate of drug-likeness (QED) is 0.728. The van der Waals surface area contributed by atoms with E-state index < -0.39 is 5.60 Å². The number of ether oxygens (including phenoxy) is 1. The third kappa shape index (κ3) is 3.78. The lowest BCUT2D eigenvalue weighted by Crippen LogP contribution is -2.38. The van der Waals surface area contributed by atoms with Gasteiger partial charge in [-0.15, -0.1) is 0 Å². The number of likely N-dealkylation sites (tertiary alicyclic amines) is 1. The number of aliphatic hydroxyl groups is 2. The monoisotopic (exact) mass is 251 g/mol. The van der Waals surface area contributed by atoms with Crippen LogP contribution in [0.3, 0.4) is 0 Å². The number of nitrogens with zero attached hydrogens (tertiary/aromatic N) is 1. The van der Waals surface area contributed by atoms with Crippen LogP contribution in [0.4, 0.5) is 0 Å². The second-order valence-corrected chi connectivity index (χ2v) is 4.95. The second-order valence-electron chi connectivity index (χ2n) is 4.95. The number of benzene rings is 1. The van der Waals surface area contributed by atoms with Gasteiger partial charge in [-0.1, -0.05) is 30.3 Å². The molecular weight excluding hydrogens is 230 g/mol. The highest BCUT2D eigenvalue weighted by atomic mass is 16.5. The Balaban J connectivity index is 1.80. The molecule has 4 heteroatoms. The molecule has 1 aromatic rings. The summed E-state index contributed by atoms with van der Waals surface area (Å²) in [6.07, 6.45) is 0.727. The zero-order valence-corrected chi connectivity index (χ0v) is 10.6. The molecule has 18 heavy (non-hydrogen) atoms. The zero-order valence-electron chi connectivity index (χ0n) is 10.6. The van der Waals surface area contributed by atoms with E-state index in [9.17, 15) is 5.11 Å². The van der Waals surface area contributed by atoms with Crippen molar-refractivity contribution >= 4 is 0 Å². The van der Waals surface area contributed by atoms with Gasteiger partial charge in [-0.05, 0) is 12.0 Å². The van der Waals surface area contributed by atoms with Crippen LogP contribution >= 0.6 is 0 Å². The van der Waals surface area contributed by atoms with Crippen LogP contribution in [0.15, 0.2) is 30.3 Å². The largest absolute Gasteiger partial charge is 0.394 e. The van der Waals surface area contributed by atoms with E-state index in [1.54, 1.807) is 0 Å². The highest BCUT2D eigenvalue weighted by Crippen LogP contribution is 2.23. The molecule has 2 rings (SSSR count). The van der Waals surface area contributed by atoms with E-state index in [4.69, 9.17) is 9.84 Å². The minimum atomic E-state index is -0.760. The Labute approximate surface area is 108 Å². The molecule has 0 radical (unpaired) electrons. The predicted molar refractivity (Wildman–Crippen MR) is 69.2 cm³/mol. The topological polar surface area (TPSA) is 52.9 Å². The Morgan fingerprint density at radius 1 is 1.28 bits per heavy atom. The first kappa shape index (κ1) is 13.5. The molecule has 0 aromatic heterocycles. The van der Waals surface area contributed by atoms with E-state index in [2.05, 4.69) is 17.0 Å². The number of hydrogen-bond donors (Lipinski definition) is 2. The zero-order chi connectivity index (χ0) is 12.8. The van der Waals surface area contributed by atoms with Crippen LogP contribution in [0.2, 0.25) is 0 Å². The first-order valence-electron chi connectivity index (χ1n) is 6.39. The van der Waals surface area contributed by atoms with E-state index in [1.807, 2.05) is 18.2 Å². The molecule has 0 amide bonds. The molecule has 2 N–H and O–H groups in total. The van der Waals surface area contributed by atoms with Gasteiger partial charge in [-0.3, -0.25) is 4.90 Å². The van der Waals surface area contributed by atoms with E-state index in [0.717, 1.165) is 19.5 Å². The van der Waals surface area contributed by atoms with Gasteiger partial charge in [0.25, 0.3) is 0 Å². The average Bonchev–Trinajstić information content (AvgIpc) is 2.73. The van der Waals surface area contributed by atoms with Crippen molar-refractivity contribution in [3.05, 3.63) is 35.9 Å². The van der Waals surface area contributed by atoms with Crippen LogP contribution in [0.25, 0.3) is 0 Å². The van der Waals surface area contributed by atoms with Gasteiger partial charge in [0, 0.05) is 19.6 Å². The summed E-state index contributed by atoms with van der Waals surface area (Å²) in [6, 6.07) is 10.3. The number of rotatable bonds is 6. The Hall–Kier alpha value is -0.940. The fraction of sp³-hybridized carbons (Fsp3) is 0.571. The maximum Gasteiger partial charge on any atom is 0.102 e. The predicted octanol–water partition coefficient (Wildman–Crippen LogP) is 0.632. The van der Waals surface area contributed by atoms with Crippen LogP contribution < -0.4 is 0 Å². The molecule has 1 aliphatic heterocycles.